The third kappa shape index (κ3) is 2.88. The van der Waals surface area contributed by atoms with Gasteiger partial charge in [0.2, 0.25) is 0 Å². The summed E-state index contributed by atoms with van der Waals surface area (Å²) in [5.74, 6) is 0.150. The molecule has 1 aromatic carbocycles. The maximum Gasteiger partial charge on any atom is 0.255 e. The number of aromatic hydroxyl groups is 1. The van der Waals surface area contributed by atoms with E-state index in [9.17, 15) is 9.90 Å². The van der Waals surface area contributed by atoms with Crippen LogP contribution in [-0.2, 0) is 4.74 Å². The minimum atomic E-state index is -0.214. The molecule has 0 aliphatic carbocycles. The summed E-state index contributed by atoms with van der Waals surface area (Å²) in [6, 6.07) is 4.32. The van der Waals surface area contributed by atoms with Gasteiger partial charge in [-0.3, -0.25) is 4.79 Å². The molecule has 1 atom stereocenters. The number of nitrogens with zero attached hydrogens (tertiary/aromatic N) is 1. The lowest BCUT2D eigenvalue weighted by molar-refractivity contribution is -0.0108. The Kier molecular flexibility index (Phi) is 4.32. The largest absolute Gasteiger partial charge is 0.508 e. The van der Waals surface area contributed by atoms with E-state index in [0.29, 0.717) is 36.2 Å². The number of alkyl halides is 1. The first kappa shape index (κ1) is 13.5. The molecule has 1 aromatic rings. The van der Waals surface area contributed by atoms with Crippen molar-refractivity contribution in [2.45, 2.75) is 6.10 Å². The first-order valence-corrected chi connectivity index (χ1v) is 6.48. The summed E-state index contributed by atoms with van der Waals surface area (Å²) in [6.45, 7) is 1.39. The van der Waals surface area contributed by atoms with Crippen LogP contribution in [0.3, 0.4) is 0 Å². The normalized spacial score (nSPS) is 19.9. The number of carbonyl (C=O) groups is 1. The van der Waals surface area contributed by atoms with Crippen LogP contribution in [0.2, 0.25) is 5.02 Å². The van der Waals surface area contributed by atoms with Crippen LogP contribution < -0.4 is 0 Å². The molecular weight excluding hydrogens is 277 g/mol. The monoisotopic (exact) mass is 289 g/mol. The molecule has 4 nitrogen and oxygen atoms in total. The number of halogens is 2. The average Bonchev–Trinajstić information content (AvgIpc) is 2.41. The number of phenols is 1. The topological polar surface area (TPSA) is 49.8 Å². The summed E-state index contributed by atoms with van der Waals surface area (Å²) in [6.07, 6.45) is -0.152. The molecule has 0 radical (unpaired) electrons. The van der Waals surface area contributed by atoms with Gasteiger partial charge in [-0.05, 0) is 18.2 Å². The molecule has 6 heteroatoms. The zero-order valence-corrected chi connectivity index (χ0v) is 11.1. The second kappa shape index (κ2) is 5.78. The van der Waals surface area contributed by atoms with Gasteiger partial charge >= 0.3 is 0 Å². The lowest BCUT2D eigenvalue weighted by Gasteiger charge is -2.32. The number of ether oxygens (including phenoxy) is 1. The highest BCUT2D eigenvalue weighted by atomic mass is 35.5. The van der Waals surface area contributed by atoms with Crippen LogP contribution in [0.1, 0.15) is 10.4 Å². The van der Waals surface area contributed by atoms with E-state index in [-0.39, 0.29) is 17.8 Å². The van der Waals surface area contributed by atoms with Crippen molar-refractivity contribution in [2.24, 2.45) is 0 Å². The maximum atomic E-state index is 12.3. The van der Waals surface area contributed by atoms with Crippen molar-refractivity contribution in [1.29, 1.82) is 0 Å². The van der Waals surface area contributed by atoms with Gasteiger partial charge in [-0.25, -0.2) is 0 Å². The Hall–Kier alpha value is -0.970. The lowest BCUT2D eigenvalue weighted by atomic mass is 10.1. The van der Waals surface area contributed by atoms with Gasteiger partial charge in [-0.1, -0.05) is 11.6 Å². The first-order chi connectivity index (χ1) is 8.61. The zero-order chi connectivity index (χ0) is 13.1. The van der Waals surface area contributed by atoms with E-state index in [2.05, 4.69) is 0 Å². The SMILES string of the molecule is O=C(c1cc(O)ccc1Cl)N1CCOC(CCl)C1. The van der Waals surface area contributed by atoms with Crippen LogP contribution in [0.15, 0.2) is 18.2 Å². The fourth-order valence-electron chi connectivity index (χ4n) is 1.84. The molecule has 0 spiro atoms. The molecule has 1 amide bonds. The molecule has 0 aromatic heterocycles. The highest BCUT2D eigenvalue weighted by Crippen LogP contribution is 2.23. The fraction of sp³-hybridized carbons (Fsp3) is 0.417. The van der Waals surface area contributed by atoms with Crippen LogP contribution in [0, 0.1) is 0 Å². The van der Waals surface area contributed by atoms with Crippen molar-refractivity contribution >= 4 is 29.1 Å². The van der Waals surface area contributed by atoms with E-state index in [0.717, 1.165) is 0 Å². The minimum Gasteiger partial charge on any atom is -0.508 e. The summed E-state index contributed by atoms with van der Waals surface area (Å²) in [5, 5.41) is 9.73. The van der Waals surface area contributed by atoms with Gasteiger partial charge in [0.1, 0.15) is 5.75 Å². The van der Waals surface area contributed by atoms with Crippen LogP contribution in [0.4, 0.5) is 0 Å². The number of carbonyl (C=O) groups excluding carboxylic acids is 1. The van der Waals surface area contributed by atoms with Crippen LogP contribution in [-0.4, -0.2) is 47.6 Å². The number of phenolic OH excluding ortho intramolecular Hbond substituents is 1. The Morgan fingerprint density at radius 2 is 2.33 bits per heavy atom. The van der Waals surface area contributed by atoms with Gasteiger partial charge in [-0.15, -0.1) is 11.6 Å². The molecule has 2 rings (SSSR count). The van der Waals surface area contributed by atoms with Gasteiger partial charge in [0.15, 0.2) is 0 Å². The van der Waals surface area contributed by atoms with Gasteiger partial charge in [0.05, 0.1) is 29.2 Å². The van der Waals surface area contributed by atoms with Crippen molar-refractivity contribution in [1.82, 2.24) is 4.90 Å². The number of benzene rings is 1. The van der Waals surface area contributed by atoms with Crippen LogP contribution in [0.5, 0.6) is 5.75 Å². The summed E-state index contributed by atoms with van der Waals surface area (Å²) in [5.41, 5.74) is 0.298. The Morgan fingerprint density at radius 1 is 1.56 bits per heavy atom. The van der Waals surface area contributed by atoms with E-state index in [4.69, 9.17) is 27.9 Å². The molecule has 18 heavy (non-hydrogen) atoms. The first-order valence-electron chi connectivity index (χ1n) is 5.57. The molecular formula is C12H13Cl2NO3. The molecule has 1 fully saturated rings. The third-order valence-corrected chi connectivity index (χ3v) is 3.45. The average molecular weight is 290 g/mol. The highest BCUT2D eigenvalue weighted by Gasteiger charge is 2.25. The molecule has 1 aliphatic rings. The Morgan fingerprint density at radius 3 is 3.06 bits per heavy atom. The van der Waals surface area contributed by atoms with Crippen molar-refractivity contribution in [3.63, 3.8) is 0 Å². The minimum absolute atomic E-state index is 0.0184. The molecule has 1 unspecified atom stereocenters. The van der Waals surface area contributed by atoms with E-state index in [1.807, 2.05) is 0 Å². The maximum absolute atomic E-state index is 12.3. The number of rotatable bonds is 2. The fourth-order valence-corrected chi connectivity index (χ4v) is 2.23. The van der Waals surface area contributed by atoms with Crippen LogP contribution in [0.25, 0.3) is 0 Å². The Balaban J connectivity index is 2.17. The molecule has 0 saturated carbocycles. The number of amides is 1. The molecule has 0 bridgehead atoms. The number of hydrogen-bond acceptors (Lipinski definition) is 3. The smallest absolute Gasteiger partial charge is 0.255 e. The molecule has 1 N–H and O–H groups in total. The van der Waals surface area contributed by atoms with Crippen LogP contribution >= 0.6 is 23.2 Å². The Bertz CT molecular complexity index is 453. The summed E-state index contributed by atoms with van der Waals surface area (Å²) in [4.78, 5) is 13.9. The predicted molar refractivity (Wildman–Crippen MR) is 69.5 cm³/mol. The second-order valence-corrected chi connectivity index (χ2v) is 4.78. The van der Waals surface area contributed by atoms with Gasteiger partial charge in [0.25, 0.3) is 5.91 Å². The van der Waals surface area contributed by atoms with E-state index in [1.54, 1.807) is 4.90 Å². The molecule has 1 heterocycles. The van der Waals surface area contributed by atoms with Gasteiger partial charge < -0.3 is 14.7 Å². The summed E-state index contributed by atoms with van der Waals surface area (Å²) in [7, 11) is 0. The van der Waals surface area contributed by atoms with Gasteiger partial charge in [0, 0.05) is 13.1 Å². The molecule has 98 valence electrons. The second-order valence-electron chi connectivity index (χ2n) is 4.06. The van der Waals surface area contributed by atoms with Crippen molar-refractivity contribution in [2.75, 3.05) is 25.6 Å². The third-order valence-electron chi connectivity index (χ3n) is 2.78. The van der Waals surface area contributed by atoms with Crippen molar-refractivity contribution in [3.8, 4) is 5.75 Å². The zero-order valence-electron chi connectivity index (χ0n) is 9.60. The predicted octanol–water partition coefficient (Wildman–Crippen LogP) is 2.13. The molecule has 1 aliphatic heterocycles. The highest BCUT2D eigenvalue weighted by molar-refractivity contribution is 6.33. The standard InChI is InChI=1S/C12H13Cl2NO3/c13-6-9-7-15(3-4-18-9)12(17)10-5-8(16)1-2-11(10)14/h1-2,5,9,16H,3-4,6-7H2. The summed E-state index contributed by atoms with van der Waals surface area (Å²) >= 11 is 11.7. The van der Waals surface area contributed by atoms with Crippen molar-refractivity contribution < 1.29 is 14.6 Å². The quantitative estimate of drug-likeness (QED) is 0.849. The number of hydrogen-bond donors (Lipinski definition) is 1. The van der Waals surface area contributed by atoms with E-state index >= 15 is 0 Å². The number of morpholine rings is 1. The lowest BCUT2D eigenvalue weighted by Crippen LogP contribution is -2.46. The van der Waals surface area contributed by atoms with E-state index in [1.165, 1.54) is 18.2 Å². The van der Waals surface area contributed by atoms with Gasteiger partial charge in [-0.2, -0.15) is 0 Å². The summed E-state index contributed by atoms with van der Waals surface area (Å²) < 4.78 is 5.39. The molecule has 1 saturated heterocycles. The van der Waals surface area contributed by atoms with Crippen molar-refractivity contribution in [3.05, 3.63) is 28.8 Å². The van der Waals surface area contributed by atoms with E-state index < -0.39 is 0 Å². The Labute approximate surface area is 115 Å².